The number of aryl methyl sites for hydroxylation is 1. The SMILES string of the molecule is CCc1ccc(OCc2nnc(SCC(=O)Nc3cccc([N+](=O)[O-])c3)n2C)cc1. The van der Waals surface area contributed by atoms with E-state index in [1.54, 1.807) is 17.7 Å². The lowest BCUT2D eigenvalue weighted by Crippen LogP contribution is -2.14. The zero-order chi connectivity index (χ0) is 21.5. The first-order valence-electron chi connectivity index (χ1n) is 9.23. The summed E-state index contributed by atoms with van der Waals surface area (Å²) >= 11 is 1.22. The van der Waals surface area contributed by atoms with Gasteiger partial charge in [0, 0.05) is 24.9 Å². The fraction of sp³-hybridized carbons (Fsp3) is 0.250. The summed E-state index contributed by atoms with van der Waals surface area (Å²) in [5.41, 5.74) is 1.53. The summed E-state index contributed by atoms with van der Waals surface area (Å²) in [4.78, 5) is 22.5. The van der Waals surface area contributed by atoms with Gasteiger partial charge in [-0.3, -0.25) is 14.9 Å². The number of rotatable bonds is 9. The van der Waals surface area contributed by atoms with Crippen LogP contribution < -0.4 is 10.1 Å². The number of hydrogen-bond acceptors (Lipinski definition) is 7. The first-order valence-corrected chi connectivity index (χ1v) is 10.2. The third-order valence-electron chi connectivity index (χ3n) is 4.30. The van der Waals surface area contributed by atoms with Crippen LogP contribution in [0.15, 0.2) is 53.7 Å². The molecular weight excluding hydrogens is 406 g/mol. The summed E-state index contributed by atoms with van der Waals surface area (Å²) in [5.74, 6) is 1.18. The molecular formula is C20H21N5O4S. The van der Waals surface area contributed by atoms with Crippen molar-refractivity contribution in [2.24, 2.45) is 7.05 Å². The van der Waals surface area contributed by atoms with E-state index in [4.69, 9.17) is 4.74 Å². The lowest BCUT2D eigenvalue weighted by molar-refractivity contribution is -0.384. The Morgan fingerprint density at radius 3 is 2.70 bits per heavy atom. The molecule has 3 aromatic rings. The highest BCUT2D eigenvalue weighted by molar-refractivity contribution is 7.99. The Bertz CT molecular complexity index is 1040. The number of anilines is 1. The number of nitro groups is 1. The number of nitrogens with zero attached hydrogens (tertiary/aromatic N) is 4. The molecule has 0 aliphatic heterocycles. The third-order valence-corrected chi connectivity index (χ3v) is 5.32. The van der Waals surface area contributed by atoms with Crippen LogP contribution in [0.1, 0.15) is 18.3 Å². The highest BCUT2D eigenvalue weighted by atomic mass is 32.2. The van der Waals surface area contributed by atoms with Crippen LogP contribution in [0, 0.1) is 10.1 Å². The molecule has 0 saturated carbocycles. The Morgan fingerprint density at radius 2 is 2.00 bits per heavy atom. The van der Waals surface area contributed by atoms with Crippen molar-refractivity contribution < 1.29 is 14.5 Å². The van der Waals surface area contributed by atoms with E-state index in [0.29, 0.717) is 16.7 Å². The van der Waals surface area contributed by atoms with Gasteiger partial charge in [0.05, 0.1) is 10.7 Å². The van der Waals surface area contributed by atoms with Gasteiger partial charge in [-0.25, -0.2) is 0 Å². The second-order valence-corrected chi connectivity index (χ2v) is 7.33. The molecule has 9 nitrogen and oxygen atoms in total. The average molecular weight is 427 g/mol. The molecule has 1 amide bonds. The van der Waals surface area contributed by atoms with Gasteiger partial charge in [-0.05, 0) is 30.2 Å². The van der Waals surface area contributed by atoms with Crippen molar-refractivity contribution >= 4 is 29.0 Å². The fourth-order valence-corrected chi connectivity index (χ4v) is 3.32. The van der Waals surface area contributed by atoms with Crippen LogP contribution in [-0.4, -0.2) is 31.3 Å². The molecule has 1 N–H and O–H groups in total. The van der Waals surface area contributed by atoms with Gasteiger partial charge in [0.25, 0.3) is 5.69 Å². The Kier molecular flexibility index (Phi) is 7.02. The number of aromatic nitrogens is 3. The Morgan fingerprint density at radius 1 is 1.23 bits per heavy atom. The monoisotopic (exact) mass is 427 g/mol. The van der Waals surface area contributed by atoms with Gasteiger partial charge < -0.3 is 14.6 Å². The summed E-state index contributed by atoms with van der Waals surface area (Å²) in [5, 5.41) is 22.3. The lowest BCUT2D eigenvalue weighted by atomic mass is 10.2. The predicted octanol–water partition coefficient (Wildman–Crippen LogP) is 3.60. The number of amides is 1. The molecule has 0 atom stereocenters. The van der Waals surface area contributed by atoms with Gasteiger partial charge in [-0.1, -0.05) is 36.9 Å². The maximum Gasteiger partial charge on any atom is 0.271 e. The van der Waals surface area contributed by atoms with Gasteiger partial charge in [-0.2, -0.15) is 0 Å². The first-order chi connectivity index (χ1) is 14.5. The van der Waals surface area contributed by atoms with E-state index in [9.17, 15) is 14.9 Å². The van der Waals surface area contributed by atoms with Crippen LogP contribution in [0.4, 0.5) is 11.4 Å². The zero-order valence-corrected chi connectivity index (χ0v) is 17.4. The summed E-state index contributed by atoms with van der Waals surface area (Å²) in [6, 6.07) is 13.7. The zero-order valence-electron chi connectivity index (χ0n) is 16.6. The smallest absolute Gasteiger partial charge is 0.271 e. The number of carbonyl (C=O) groups is 1. The summed E-state index contributed by atoms with van der Waals surface area (Å²) in [6.07, 6.45) is 0.971. The Balaban J connectivity index is 1.52. The number of hydrogen-bond donors (Lipinski definition) is 1. The number of thioether (sulfide) groups is 1. The molecule has 0 spiro atoms. The van der Waals surface area contributed by atoms with Gasteiger partial charge in [0.15, 0.2) is 11.0 Å². The minimum Gasteiger partial charge on any atom is -0.486 e. The topological polar surface area (TPSA) is 112 Å². The van der Waals surface area contributed by atoms with Crippen LogP contribution in [-0.2, 0) is 24.9 Å². The van der Waals surface area contributed by atoms with Crippen molar-refractivity contribution in [3.8, 4) is 5.75 Å². The van der Waals surface area contributed by atoms with Gasteiger partial charge >= 0.3 is 0 Å². The Hall–Kier alpha value is -3.40. The normalized spacial score (nSPS) is 10.6. The molecule has 0 bridgehead atoms. The molecule has 10 heteroatoms. The van der Waals surface area contributed by atoms with Gasteiger partial charge in [-0.15, -0.1) is 10.2 Å². The van der Waals surface area contributed by atoms with Crippen LogP contribution in [0.2, 0.25) is 0 Å². The molecule has 0 fully saturated rings. The largest absolute Gasteiger partial charge is 0.486 e. The van der Waals surface area contributed by atoms with Crippen molar-refractivity contribution in [3.05, 3.63) is 70.0 Å². The maximum atomic E-state index is 12.2. The van der Waals surface area contributed by atoms with E-state index < -0.39 is 4.92 Å². The predicted molar refractivity (Wildman–Crippen MR) is 114 cm³/mol. The highest BCUT2D eigenvalue weighted by Gasteiger charge is 2.13. The molecule has 3 rings (SSSR count). The number of non-ortho nitro benzene ring substituents is 1. The van der Waals surface area contributed by atoms with Crippen LogP contribution in [0.5, 0.6) is 5.75 Å². The van der Waals surface area contributed by atoms with Gasteiger partial charge in [0.2, 0.25) is 5.91 Å². The summed E-state index contributed by atoms with van der Waals surface area (Å²) < 4.78 is 7.52. The number of nitrogens with one attached hydrogen (secondary N) is 1. The van der Waals surface area contributed by atoms with E-state index in [-0.39, 0.29) is 24.0 Å². The minimum atomic E-state index is -0.508. The maximum absolute atomic E-state index is 12.2. The Labute approximate surface area is 177 Å². The van der Waals surface area contributed by atoms with E-state index in [1.165, 1.54) is 35.5 Å². The van der Waals surface area contributed by atoms with Gasteiger partial charge in [0.1, 0.15) is 12.4 Å². The number of nitro benzene ring substituents is 1. The molecule has 1 aromatic heterocycles. The van der Waals surface area contributed by atoms with E-state index in [2.05, 4.69) is 22.4 Å². The fourth-order valence-electron chi connectivity index (χ4n) is 2.59. The molecule has 156 valence electrons. The second kappa shape index (κ2) is 9.88. The van der Waals surface area contributed by atoms with Crippen LogP contribution in [0.25, 0.3) is 0 Å². The molecule has 30 heavy (non-hydrogen) atoms. The average Bonchev–Trinajstić information content (AvgIpc) is 3.10. The molecule has 1 heterocycles. The third kappa shape index (κ3) is 5.57. The first kappa shape index (κ1) is 21.3. The molecule has 0 radical (unpaired) electrons. The summed E-state index contributed by atoms with van der Waals surface area (Å²) in [6.45, 7) is 2.36. The number of benzene rings is 2. The molecule has 0 aliphatic carbocycles. The molecule has 0 aliphatic rings. The minimum absolute atomic E-state index is 0.0808. The van der Waals surface area contributed by atoms with Crippen molar-refractivity contribution in [2.75, 3.05) is 11.1 Å². The van der Waals surface area contributed by atoms with Crippen LogP contribution in [0.3, 0.4) is 0 Å². The number of carbonyl (C=O) groups excluding carboxylic acids is 1. The second-order valence-electron chi connectivity index (χ2n) is 6.39. The van der Waals surface area contributed by atoms with E-state index >= 15 is 0 Å². The molecule has 0 saturated heterocycles. The van der Waals surface area contributed by atoms with Crippen molar-refractivity contribution in [3.63, 3.8) is 0 Å². The van der Waals surface area contributed by atoms with Crippen molar-refractivity contribution in [2.45, 2.75) is 25.1 Å². The highest BCUT2D eigenvalue weighted by Crippen LogP contribution is 2.20. The van der Waals surface area contributed by atoms with E-state index in [1.807, 2.05) is 24.3 Å². The van der Waals surface area contributed by atoms with E-state index in [0.717, 1.165) is 12.2 Å². The molecule has 0 unspecified atom stereocenters. The standard InChI is InChI=1S/C20H21N5O4S/c1-3-14-7-9-17(10-8-14)29-12-18-22-23-20(24(18)2)30-13-19(26)21-15-5-4-6-16(11-15)25(27)28/h4-11H,3,12-13H2,1-2H3,(H,21,26). The van der Waals surface area contributed by atoms with Crippen molar-refractivity contribution in [1.29, 1.82) is 0 Å². The van der Waals surface area contributed by atoms with Crippen molar-refractivity contribution in [1.82, 2.24) is 14.8 Å². The quantitative estimate of drug-likeness (QED) is 0.315. The lowest BCUT2D eigenvalue weighted by Gasteiger charge is -2.07. The molecule has 2 aromatic carbocycles. The number of ether oxygens (including phenoxy) is 1. The van der Waals surface area contributed by atoms with Crippen LogP contribution >= 0.6 is 11.8 Å². The summed E-state index contributed by atoms with van der Waals surface area (Å²) in [7, 11) is 1.81.